The average Bonchev–Trinajstić information content (AvgIpc) is 3.45. The smallest absolute Gasteiger partial charge is 0.313 e. The number of hydrogen-bond acceptors (Lipinski definition) is 4. The molecule has 0 aromatic heterocycles. The van der Waals surface area contributed by atoms with Gasteiger partial charge in [-0.3, -0.25) is 14.5 Å². The van der Waals surface area contributed by atoms with Gasteiger partial charge in [-0.15, -0.1) is 0 Å². The fourth-order valence-corrected chi connectivity index (χ4v) is 6.83. The number of fused-ring (bicyclic) bond motifs is 2. The van der Waals surface area contributed by atoms with Crippen molar-refractivity contribution in [3.05, 3.63) is 70.8 Å². The van der Waals surface area contributed by atoms with E-state index in [4.69, 9.17) is 4.74 Å². The number of carbonyl (C=O) groups excluding carboxylic acids is 2. The molecular formula is C30H36F2N2O3. The zero-order valence-corrected chi connectivity index (χ0v) is 22.1. The van der Waals surface area contributed by atoms with Crippen LogP contribution in [0.1, 0.15) is 68.6 Å². The van der Waals surface area contributed by atoms with Gasteiger partial charge in [0.25, 0.3) is 0 Å². The van der Waals surface area contributed by atoms with Crippen molar-refractivity contribution in [3.63, 3.8) is 0 Å². The van der Waals surface area contributed by atoms with Gasteiger partial charge in [0.1, 0.15) is 11.6 Å². The molecule has 1 amide bonds. The van der Waals surface area contributed by atoms with Crippen molar-refractivity contribution < 1.29 is 23.1 Å². The van der Waals surface area contributed by atoms with E-state index in [0.717, 1.165) is 24.5 Å². The highest BCUT2D eigenvalue weighted by Gasteiger charge is 2.50. The van der Waals surface area contributed by atoms with Gasteiger partial charge >= 0.3 is 5.97 Å². The SMILES string of the molecule is COC(=O)[C@@H]1CC2(CCN(C(=O)[C@@H]3CN(C(C)(C)C)C[C@H]3c3ccc(F)cc3F)CC2)c2ccccc21. The van der Waals surface area contributed by atoms with Crippen LogP contribution in [0.3, 0.4) is 0 Å². The third-order valence-electron chi connectivity index (χ3n) is 8.97. The summed E-state index contributed by atoms with van der Waals surface area (Å²) in [5, 5.41) is 0. The molecule has 2 fully saturated rings. The van der Waals surface area contributed by atoms with Crippen LogP contribution < -0.4 is 0 Å². The third kappa shape index (κ3) is 4.56. The Bertz CT molecular complexity index is 1200. The first kappa shape index (κ1) is 25.8. The number of benzene rings is 2. The topological polar surface area (TPSA) is 49.9 Å². The monoisotopic (exact) mass is 510 g/mol. The first-order chi connectivity index (χ1) is 17.5. The van der Waals surface area contributed by atoms with Crippen molar-refractivity contribution in [2.75, 3.05) is 33.3 Å². The molecule has 0 N–H and O–H groups in total. The van der Waals surface area contributed by atoms with Gasteiger partial charge in [0, 0.05) is 49.1 Å². The maximum atomic E-state index is 14.9. The predicted octanol–water partition coefficient (Wildman–Crippen LogP) is 5.00. The number of hydrogen-bond donors (Lipinski definition) is 0. The molecule has 5 nitrogen and oxygen atoms in total. The third-order valence-corrected chi connectivity index (χ3v) is 8.97. The van der Waals surface area contributed by atoms with Crippen LogP contribution in [-0.4, -0.2) is 60.5 Å². The van der Waals surface area contributed by atoms with Gasteiger partial charge in [0.15, 0.2) is 0 Å². The first-order valence-corrected chi connectivity index (χ1v) is 13.2. The molecular weight excluding hydrogens is 474 g/mol. The minimum Gasteiger partial charge on any atom is -0.469 e. The van der Waals surface area contributed by atoms with Crippen LogP contribution in [-0.2, 0) is 19.7 Å². The molecule has 0 saturated carbocycles. The lowest BCUT2D eigenvalue weighted by atomic mass is 9.73. The molecule has 2 heterocycles. The van der Waals surface area contributed by atoms with Crippen LogP contribution in [0.25, 0.3) is 0 Å². The lowest BCUT2D eigenvalue weighted by Crippen LogP contribution is -2.48. The van der Waals surface area contributed by atoms with Gasteiger partial charge in [-0.2, -0.15) is 0 Å². The van der Waals surface area contributed by atoms with E-state index in [2.05, 4.69) is 31.7 Å². The number of piperidine rings is 1. The summed E-state index contributed by atoms with van der Waals surface area (Å²) in [6.07, 6.45) is 2.24. The molecule has 7 heteroatoms. The Balaban J connectivity index is 1.37. The van der Waals surface area contributed by atoms with Crippen molar-refractivity contribution in [2.45, 2.75) is 62.8 Å². The minimum absolute atomic E-state index is 0.0334. The second kappa shape index (κ2) is 9.50. The van der Waals surface area contributed by atoms with Gasteiger partial charge in [0.05, 0.1) is 18.9 Å². The standard InChI is InChI=1S/C30H36F2N2O3/c1-29(2,3)34-17-23(21-10-9-19(31)15-26(21)32)24(18-34)27(35)33-13-11-30(12-14-33)16-22(28(36)37-4)20-7-5-6-8-25(20)30/h5-10,15,22-24H,11-14,16-18H2,1-4H3/t22-,23+,24-/m1/s1. The summed E-state index contributed by atoms with van der Waals surface area (Å²) in [7, 11) is 1.43. The summed E-state index contributed by atoms with van der Waals surface area (Å²) in [5.41, 5.74) is 2.32. The van der Waals surface area contributed by atoms with Gasteiger partial charge in [-0.05, 0) is 62.8 Å². The quantitative estimate of drug-likeness (QED) is 0.546. The van der Waals surface area contributed by atoms with Crippen molar-refractivity contribution in [2.24, 2.45) is 5.92 Å². The number of rotatable bonds is 3. The molecule has 3 atom stereocenters. The van der Waals surface area contributed by atoms with Crippen LogP contribution in [0.4, 0.5) is 8.78 Å². The Hall–Kier alpha value is -2.80. The maximum Gasteiger partial charge on any atom is 0.313 e. The number of amides is 1. The molecule has 0 radical (unpaired) electrons. The van der Waals surface area contributed by atoms with Crippen LogP contribution in [0.2, 0.25) is 0 Å². The van der Waals surface area contributed by atoms with Crippen LogP contribution in [0, 0.1) is 17.6 Å². The van der Waals surface area contributed by atoms with E-state index < -0.39 is 17.6 Å². The van der Waals surface area contributed by atoms with E-state index in [1.54, 1.807) is 0 Å². The highest BCUT2D eigenvalue weighted by Crippen LogP contribution is 2.52. The largest absolute Gasteiger partial charge is 0.469 e. The maximum absolute atomic E-state index is 14.9. The number of esters is 1. The van der Waals surface area contributed by atoms with Crippen molar-refractivity contribution in [1.29, 1.82) is 0 Å². The number of halogens is 2. The molecule has 1 spiro atoms. The highest BCUT2D eigenvalue weighted by molar-refractivity contribution is 5.82. The number of ether oxygens (including phenoxy) is 1. The zero-order valence-electron chi connectivity index (χ0n) is 22.1. The van der Waals surface area contributed by atoms with Crippen molar-refractivity contribution in [3.8, 4) is 0 Å². The second-order valence-corrected chi connectivity index (χ2v) is 11.9. The van der Waals surface area contributed by atoms with Crippen molar-refractivity contribution >= 4 is 11.9 Å². The molecule has 0 bridgehead atoms. The van der Waals surface area contributed by atoms with Crippen molar-refractivity contribution in [1.82, 2.24) is 9.80 Å². The number of likely N-dealkylation sites (tertiary alicyclic amines) is 2. The van der Waals surface area contributed by atoms with Gasteiger partial charge in [-0.1, -0.05) is 30.3 Å². The highest BCUT2D eigenvalue weighted by atomic mass is 19.1. The minimum atomic E-state index is -0.613. The van der Waals surface area contributed by atoms with E-state index in [1.165, 1.54) is 24.8 Å². The molecule has 1 aliphatic carbocycles. The fraction of sp³-hybridized carbons (Fsp3) is 0.533. The van der Waals surface area contributed by atoms with E-state index in [1.807, 2.05) is 23.1 Å². The molecule has 2 aromatic carbocycles. The van der Waals surface area contributed by atoms with E-state index in [0.29, 0.717) is 38.2 Å². The summed E-state index contributed by atoms with van der Waals surface area (Å²) < 4.78 is 33.6. The van der Waals surface area contributed by atoms with E-state index in [9.17, 15) is 18.4 Å². The van der Waals surface area contributed by atoms with Crippen LogP contribution in [0.5, 0.6) is 0 Å². The Kier molecular flexibility index (Phi) is 6.63. The molecule has 37 heavy (non-hydrogen) atoms. The number of nitrogens with zero attached hydrogens (tertiary/aromatic N) is 2. The van der Waals surface area contributed by atoms with E-state index in [-0.39, 0.29) is 34.7 Å². The van der Waals surface area contributed by atoms with Gasteiger partial charge < -0.3 is 9.64 Å². The Morgan fingerprint density at radius 3 is 2.35 bits per heavy atom. The Labute approximate surface area is 217 Å². The summed E-state index contributed by atoms with van der Waals surface area (Å²) in [6, 6.07) is 11.8. The lowest BCUT2D eigenvalue weighted by molar-refractivity contribution is -0.143. The first-order valence-electron chi connectivity index (χ1n) is 13.2. The number of carbonyl (C=O) groups is 2. The van der Waals surface area contributed by atoms with E-state index >= 15 is 0 Å². The molecule has 3 aliphatic rings. The molecule has 198 valence electrons. The summed E-state index contributed by atoms with van der Waals surface area (Å²) in [5.74, 6) is -2.38. The van der Waals surface area contributed by atoms with Crippen LogP contribution in [0.15, 0.2) is 42.5 Å². The number of methoxy groups -OCH3 is 1. The predicted molar refractivity (Wildman–Crippen MR) is 137 cm³/mol. The van der Waals surface area contributed by atoms with Gasteiger partial charge in [-0.25, -0.2) is 8.78 Å². The lowest BCUT2D eigenvalue weighted by Gasteiger charge is -2.41. The fourth-order valence-electron chi connectivity index (χ4n) is 6.83. The molecule has 0 unspecified atom stereocenters. The molecule has 2 aliphatic heterocycles. The normalized spacial score (nSPS) is 25.4. The molecule has 5 rings (SSSR count). The zero-order chi connectivity index (χ0) is 26.5. The van der Waals surface area contributed by atoms with Crippen LogP contribution >= 0.6 is 0 Å². The molecule has 2 saturated heterocycles. The summed E-state index contributed by atoms with van der Waals surface area (Å²) >= 11 is 0. The summed E-state index contributed by atoms with van der Waals surface area (Å²) in [6.45, 7) is 8.55. The summed E-state index contributed by atoms with van der Waals surface area (Å²) in [4.78, 5) is 30.6. The van der Waals surface area contributed by atoms with Gasteiger partial charge in [0.2, 0.25) is 5.91 Å². The average molecular weight is 511 g/mol. The Morgan fingerprint density at radius 1 is 1.00 bits per heavy atom. The second-order valence-electron chi connectivity index (χ2n) is 11.9. The Morgan fingerprint density at radius 2 is 1.70 bits per heavy atom. The molecule has 2 aromatic rings.